The molecule has 0 unspecified atom stereocenters. The van der Waals surface area contributed by atoms with Crippen molar-refractivity contribution in [3.05, 3.63) is 23.7 Å². The summed E-state index contributed by atoms with van der Waals surface area (Å²) >= 11 is 0. The molecule has 1 heterocycles. The molecule has 0 bridgehead atoms. The molecule has 0 saturated heterocycles. The first-order valence-corrected chi connectivity index (χ1v) is 5.30. The molecule has 15 heavy (non-hydrogen) atoms. The fraction of sp³-hybridized carbons (Fsp3) is 0.636. The van der Waals surface area contributed by atoms with Crippen molar-refractivity contribution in [2.75, 3.05) is 19.8 Å². The van der Waals surface area contributed by atoms with E-state index in [1.807, 2.05) is 12.1 Å². The summed E-state index contributed by atoms with van der Waals surface area (Å²) in [6, 6.07) is 3.75. The van der Waals surface area contributed by atoms with Crippen LogP contribution < -0.4 is 5.73 Å². The molecule has 0 aliphatic carbocycles. The first-order chi connectivity index (χ1) is 7.36. The Bertz CT molecular complexity index is 260. The molecule has 0 spiro atoms. The van der Waals surface area contributed by atoms with Gasteiger partial charge in [0.05, 0.1) is 19.8 Å². The SMILES string of the molecule is CCCOCCOCc1ccc(CN)o1. The molecular formula is C11H19NO3. The maximum atomic E-state index is 5.42. The molecule has 1 aromatic rings. The molecule has 0 radical (unpaired) electrons. The van der Waals surface area contributed by atoms with E-state index in [1.165, 1.54) is 0 Å². The van der Waals surface area contributed by atoms with Crippen molar-refractivity contribution in [1.82, 2.24) is 0 Å². The van der Waals surface area contributed by atoms with Crippen molar-refractivity contribution in [3.63, 3.8) is 0 Å². The van der Waals surface area contributed by atoms with E-state index < -0.39 is 0 Å². The van der Waals surface area contributed by atoms with Crippen LogP contribution in [0, 0.1) is 0 Å². The van der Waals surface area contributed by atoms with Crippen LogP contribution in [0.5, 0.6) is 0 Å². The summed E-state index contributed by atoms with van der Waals surface area (Å²) in [5.41, 5.74) is 5.42. The molecule has 0 aliphatic rings. The highest BCUT2D eigenvalue weighted by Gasteiger charge is 1.99. The lowest BCUT2D eigenvalue weighted by Gasteiger charge is -2.03. The monoisotopic (exact) mass is 213 g/mol. The summed E-state index contributed by atoms with van der Waals surface area (Å²) in [5.74, 6) is 1.60. The second-order valence-corrected chi connectivity index (χ2v) is 3.24. The first kappa shape index (κ1) is 12.2. The van der Waals surface area contributed by atoms with Gasteiger partial charge < -0.3 is 19.6 Å². The van der Waals surface area contributed by atoms with Gasteiger partial charge in [0.15, 0.2) is 0 Å². The van der Waals surface area contributed by atoms with Crippen LogP contribution in [0.25, 0.3) is 0 Å². The van der Waals surface area contributed by atoms with E-state index in [1.54, 1.807) is 0 Å². The molecule has 0 amide bonds. The van der Waals surface area contributed by atoms with Gasteiger partial charge in [-0.25, -0.2) is 0 Å². The minimum Gasteiger partial charge on any atom is -0.462 e. The van der Waals surface area contributed by atoms with Gasteiger partial charge in [-0.05, 0) is 18.6 Å². The number of nitrogens with two attached hydrogens (primary N) is 1. The van der Waals surface area contributed by atoms with Gasteiger partial charge >= 0.3 is 0 Å². The molecule has 1 rings (SSSR count). The number of hydrogen-bond donors (Lipinski definition) is 1. The standard InChI is InChI=1S/C11H19NO3/c1-2-5-13-6-7-14-9-11-4-3-10(8-12)15-11/h3-4H,2,5-9,12H2,1H3. The van der Waals surface area contributed by atoms with Crippen LogP contribution in [-0.4, -0.2) is 19.8 Å². The molecule has 2 N–H and O–H groups in total. The molecule has 0 fully saturated rings. The lowest BCUT2D eigenvalue weighted by atomic mass is 10.4. The Kier molecular flexibility index (Phi) is 6.08. The zero-order valence-corrected chi connectivity index (χ0v) is 9.20. The van der Waals surface area contributed by atoms with Crippen LogP contribution >= 0.6 is 0 Å². The third kappa shape index (κ3) is 4.97. The Hall–Kier alpha value is -0.840. The molecule has 4 nitrogen and oxygen atoms in total. The van der Waals surface area contributed by atoms with Gasteiger partial charge in [-0.2, -0.15) is 0 Å². The molecule has 86 valence electrons. The van der Waals surface area contributed by atoms with E-state index in [9.17, 15) is 0 Å². The summed E-state index contributed by atoms with van der Waals surface area (Å²) in [4.78, 5) is 0. The Morgan fingerprint density at radius 2 is 1.87 bits per heavy atom. The highest BCUT2D eigenvalue weighted by Crippen LogP contribution is 2.07. The van der Waals surface area contributed by atoms with Gasteiger partial charge in [0, 0.05) is 6.61 Å². The van der Waals surface area contributed by atoms with Crippen LogP contribution in [0.15, 0.2) is 16.5 Å². The lowest BCUT2D eigenvalue weighted by Crippen LogP contribution is -2.04. The fourth-order valence-electron chi connectivity index (χ4n) is 1.15. The predicted molar refractivity (Wildman–Crippen MR) is 57.4 cm³/mol. The largest absolute Gasteiger partial charge is 0.462 e. The molecular weight excluding hydrogens is 194 g/mol. The van der Waals surface area contributed by atoms with E-state index >= 15 is 0 Å². The molecule has 1 aromatic heterocycles. The van der Waals surface area contributed by atoms with Gasteiger partial charge in [-0.3, -0.25) is 0 Å². The van der Waals surface area contributed by atoms with Crippen LogP contribution in [0.2, 0.25) is 0 Å². The summed E-state index contributed by atoms with van der Waals surface area (Å²) in [6.07, 6.45) is 1.04. The Morgan fingerprint density at radius 3 is 2.53 bits per heavy atom. The minimum atomic E-state index is 0.430. The molecule has 0 aromatic carbocycles. The number of hydrogen-bond acceptors (Lipinski definition) is 4. The zero-order chi connectivity index (χ0) is 10.9. The normalized spacial score (nSPS) is 10.8. The second kappa shape index (κ2) is 7.45. The maximum absolute atomic E-state index is 5.42. The van der Waals surface area contributed by atoms with Gasteiger partial charge in [-0.1, -0.05) is 6.92 Å². The molecule has 4 heteroatoms. The smallest absolute Gasteiger partial charge is 0.129 e. The van der Waals surface area contributed by atoms with E-state index in [2.05, 4.69) is 6.92 Å². The molecule has 0 saturated carbocycles. The fourth-order valence-corrected chi connectivity index (χ4v) is 1.15. The van der Waals surface area contributed by atoms with Gasteiger partial charge in [-0.15, -0.1) is 0 Å². The number of rotatable bonds is 8. The molecule has 0 atom stereocenters. The third-order valence-corrected chi connectivity index (χ3v) is 1.88. The van der Waals surface area contributed by atoms with Gasteiger partial charge in [0.2, 0.25) is 0 Å². The van der Waals surface area contributed by atoms with Crippen LogP contribution in [0.1, 0.15) is 24.9 Å². The van der Waals surface area contributed by atoms with Crippen molar-refractivity contribution in [2.45, 2.75) is 26.5 Å². The predicted octanol–water partition coefficient (Wildman–Crippen LogP) is 1.68. The summed E-state index contributed by atoms with van der Waals surface area (Å²) in [6.45, 7) is 5.02. The van der Waals surface area contributed by atoms with Crippen molar-refractivity contribution < 1.29 is 13.9 Å². The van der Waals surface area contributed by atoms with E-state index in [0.29, 0.717) is 26.4 Å². The van der Waals surface area contributed by atoms with E-state index in [-0.39, 0.29) is 0 Å². The summed E-state index contributed by atoms with van der Waals surface area (Å²) in [5, 5.41) is 0. The van der Waals surface area contributed by atoms with Crippen molar-refractivity contribution in [2.24, 2.45) is 5.73 Å². The maximum Gasteiger partial charge on any atom is 0.129 e. The van der Waals surface area contributed by atoms with Crippen molar-refractivity contribution >= 4 is 0 Å². The van der Waals surface area contributed by atoms with Gasteiger partial charge in [0.25, 0.3) is 0 Å². The highest BCUT2D eigenvalue weighted by atomic mass is 16.5. The topological polar surface area (TPSA) is 57.6 Å². The van der Waals surface area contributed by atoms with Crippen LogP contribution in [-0.2, 0) is 22.6 Å². The summed E-state index contributed by atoms with van der Waals surface area (Å²) in [7, 11) is 0. The Morgan fingerprint density at radius 1 is 1.13 bits per heavy atom. The average molecular weight is 213 g/mol. The number of ether oxygens (including phenoxy) is 2. The van der Waals surface area contributed by atoms with Crippen molar-refractivity contribution in [1.29, 1.82) is 0 Å². The zero-order valence-electron chi connectivity index (χ0n) is 9.20. The molecule has 0 aliphatic heterocycles. The quantitative estimate of drug-likeness (QED) is 0.667. The lowest BCUT2D eigenvalue weighted by molar-refractivity contribution is 0.0347. The van der Waals surface area contributed by atoms with Crippen LogP contribution in [0.4, 0.5) is 0 Å². The highest BCUT2D eigenvalue weighted by molar-refractivity contribution is 5.05. The van der Waals surface area contributed by atoms with E-state index in [4.69, 9.17) is 19.6 Å². The minimum absolute atomic E-state index is 0.430. The first-order valence-electron chi connectivity index (χ1n) is 5.30. The second-order valence-electron chi connectivity index (χ2n) is 3.24. The Balaban J connectivity index is 2.04. The van der Waals surface area contributed by atoms with Crippen LogP contribution in [0.3, 0.4) is 0 Å². The third-order valence-electron chi connectivity index (χ3n) is 1.88. The van der Waals surface area contributed by atoms with Gasteiger partial charge in [0.1, 0.15) is 18.1 Å². The number of furan rings is 1. The summed E-state index contributed by atoms with van der Waals surface area (Å²) < 4.78 is 16.0. The van der Waals surface area contributed by atoms with E-state index in [0.717, 1.165) is 24.5 Å². The Labute approximate surface area is 90.3 Å². The van der Waals surface area contributed by atoms with Crippen molar-refractivity contribution in [3.8, 4) is 0 Å². The average Bonchev–Trinajstić information content (AvgIpc) is 2.71.